The Balaban J connectivity index is 2.22. The van der Waals surface area contributed by atoms with Crippen molar-refractivity contribution in [1.29, 1.82) is 0 Å². The number of carboxylic acids is 1. The topological polar surface area (TPSA) is 92.4 Å². The highest BCUT2D eigenvalue weighted by atomic mass is 16.4. The highest BCUT2D eigenvalue weighted by Gasteiger charge is 2.12. The quantitative estimate of drug-likeness (QED) is 0.631. The molecule has 4 N–H and O–H groups in total. The van der Waals surface area contributed by atoms with Gasteiger partial charge in [-0.2, -0.15) is 0 Å². The Morgan fingerprint density at radius 3 is 2.55 bits per heavy atom. The first-order chi connectivity index (χ1) is 9.50. The third-order valence-electron chi connectivity index (χ3n) is 3.19. The molecule has 110 valence electrons. The maximum absolute atomic E-state index is 11.7. The minimum Gasteiger partial charge on any atom is -0.481 e. The van der Waals surface area contributed by atoms with E-state index in [-0.39, 0.29) is 24.3 Å². The molecule has 0 aromatic heterocycles. The molecule has 1 rings (SSSR count). The second-order valence-corrected chi connectivity index (χ2v) is 4.95. The van der Waals surface area contributed by atoms with Crippen LogP contribution in [0.2, 0.25) is 0 Å². The van der Waals surface area contributed by atoms with Crippen LogP contribution in [0.5, 0.6) is 0 Å². The number of carbonyl (C=O) groups is 2. The maximum atomic E-state index is 11.7. The van der Waals surface area contributed by atoms with E-state index in [0.717, 1.165) is 5.56 Å². The number of nitrogens with two attached hydrogens (primary N) is 1. The lowest BCUT2D eigenvalue weighted by molar-refractivity contribution is -0.141. The van der Waals surface area contributed by atoms with Crippen molar-refractivity contribution in [3.8, 4) is 0 Å². The first-order valence-electron chi connectivity index (χ1n) is 6.80. The molecule has 0 aliphatic rings. The fourth-order valence-corrected chi connectivity index (χ4v) is 1.85. The van der Waals surface area contributed by atoms with Crippen molar-refractivity contribution < 1.29 is 14.7 Å². The van der Waals surface area contributed by atoms with Gasteiger partial charge in [0.25, 0.3) is 0 Å². The Hall–Kier alpha value is -1.88. The van der Waals surface area contributed by atoms with Crippen LogP contribution in [0.3, 0.4) is 0 Å². The van der Waals surface area contributed by atoms with Gasteiger partial charge >= 0.3 is 5.97 Å². The summed E-state index contributed by atoms with van der Waals surface area (Å²) >= 11 is 0. The summed E-state index contributed by atoms with van der Waals surface area (Å²) in [6.45, 7) is 2.15. The zero-order valence-electron chi connectivity index (χ0n) is 11.7. The summed E-state index contributed by atoms with van der Waals surface area (Å²) in [5.41, 5.74) is 6.88. The summed E-state index contributed by atoms with van der Waals surface area (Å²) in [6.07, 6.45) is 1.44. The van der Waals surface area contributed by atoms with Gasteiger partial charge in [0.2, 0.25) is 5.91 Å². The molecule has 0 saturated carbocycles. The lowest BCUT2D eigenvalue weighted by Gasteiger charge is -2.12. The molecule has 0 spiro atoms. The fourth-order valence-electron chi connectivity index (χ4n) is 1.85. The van der Waals surface area contributed by atoms with Crippen LogP contribution in [0.25, 0.3) is 0 Å². The molecule has 0 bridgehead atoms. The van der Waals surface area contributed by atoms with E-state index < -0.39 is 5.97 Å². The van der Waals surface area contributed by atoms with E-state index in [1.54, 1.807) is 6.92 Å². The second kappa shape index (κ2) is 8.32. The Bertz CT molecular complexity index is 434. The van der Waals surface area contributed by atoms with Crippen LogP contribution < -0.4 is 11.1 Å². The first-order valence-corrected chi connectivity index (χ1v) is 6.80. The Morgan fingerprint density at radius 1 is 1.30 bits per heavy atom. The fraction of sp³-hybridized carbons (Fsp3) is 0.467. The van der Waals surface area contributed by atoms with Gasteiger partial charge in [-0.3, -0.25) is 9.59 Å². The van der Waals surface area contributed by atoms with E-state index in [9.17, 15) is 9.59 Å². The van der Waals surface area contributed by atoms with Crippen molar-refractivity contribution in [3.05, 3.63) is 35.9 Å². The number of carboxylic acid groups (broad SMARTS) is 1. The largest absolute Gasteiger partial charge is 0.481 e. The minimum absolute atomic E-state index is 0.107. The molecule has 1 aromatic carbocycles. The lowest BCUT2D eigenvalue weighted by atomic mass is 10.0. The summed E-state index contributed by atoms with van der Waals surface area (Å²) in [4.78, 5) is 22.3. The maximum Gasteiger partial charge on any atom is 0.306 e. The molecule has 2 atom stereocenters. The van der Waals surface area contributed by atoms with E-state index in [2.05, 4.69) is 5.32 Å². The average Bonchev–Trinajstić information content (AvgIpc) is 2.44. The van der Waals surface area contributed by atoms with Crippen LogP contribution in [0, 0.1) is 5.92 Å². The number of hydrogen-bond donors (Lipinski definition) is 3. The molecule has 1 aromatic rings. The molecule has 0 radical (unpaired) electrons. The number of carbonyl (C=O) groups excluding carboxylic acids is 1. The molecule has 1 amide bonds. The van der Waals surface area contributed by atoms with Crippen LogP contribution >= 0.6 is 0 Å². The lowest BCUT2D eigenvalue weighted by Crippen LogP contribution is -2.28. The molecule has 0 aliphatic carbocycles. The van der Waals surface area contributed by atoms with Gasteiger partial charge in [-0.05, 0) is 18.4 Å². The molecule has 0 heterocycles. The van der Waals surface area contributed by atoms with Gasteiger partial charge in [0.05, 0.1) is 5.92 Å². The first kappa shape index (κ1) is 16.2. The van der Waals surface area contributed by atoms with E-state index in [1.165, 1.54) is 0 Å². The van der Waals surface area contributed by atoms with Gasteiger partial charge in [0.1, 0.15) is 0 Å². The molecule has 0 saturated heterocycles. The van der Waals surface area contributed by atoms with E-state index in [1.807, 2.05) is 30.3 Å². The smallest absolute Gasteiger partial charge is 0.306 e. The van der Waals surface area contributed by atoms with E-state index in [0.29, 0.717) is 19.4 Å². The Labute approximate surface area is 119 Å². The molecule has 0 aliphatic heterocycles. The summed E-state index contributed by atoms with van der Waals surface area (Å²) in [6, 6.07) is 9.16. The van der Waals surface area contributed by atoms with E-state index >= 15 is 0 Å². The number of benzene rings is 1. The van der Waals surface area contributed by atoms with Crippen molar-refractivity contribution in [2.24, 2.45) is 11.7 Å². The van der Waals surface area contributed by atoms with Crippen molar-refractivity contribution in [3.63, 3.8) is 0 Å². The molecule has 2 unspecified atom stereocenters. The number of amides is 1. The average molecular weight is 278 g/mol. The third kappa shape index (κ3) is 5.84. The zero-order valence-corrected chi connectivity index (χ0v) is 11.7. The Morgan fingerprint density at radius 2 is 1.95 bits per heavy atom. The standard InChI is InChI=1S/C15H22N2O3/c1-11(15(19)20)6-5-9-17-14(18)10-13(16)12-7-3-2-4-8-12/h2-4,7-8,11,13H,5-6,9-10,16H2,1H3,(H,17,18)(H,19,20). The van der Waals surface area contributed by atoms with Gasteiger partial charge in [-0.25, -0.2) is 0 Å². The van der Waals surface area contributed by atoms with Gasteiger partial charge in [-0.15, -0.1) is 0 Å². The third-order valence-corrected chi connectivity index (χ3v) is 3.19. The summed E-state index contributed by atoms with van der Waals surface area (Å²) in [5, 5.41) is 11.5. The summed E-state index contributed by atoms with van der Waals surface area (Å²) < 4.78 is 0. The second-order valence-electron chi connectivity index (χ2n) is 4.95. The van der Waals surface area contributed by atoms with Crippen LogP contribution in [-0.4, -0.2) is 23.5 Å². The molecule has 0 fully saturated rings. The number of rotatable bonds is 8. The summed E-state index contributed by atoms with van der Waals surface area (Å²) in [7, 11) is 0. The van der Waals surface area contributed by atoms with Crippen LogP contribution in [0.15, 0.2) is 30.3 Å². The molecular formula is C15H22N2O3. The molecule has 20 heavy (non-hydrogen) atoms. The van der Waals surface area contributed by atoms with Gasteiger partial charge in [0.15, 0.2) is 0 Å². The van der Waals surface area contributed by atoms with Crippen LogP contribution in [0.4, 0.5) is 0 Å². The van der Waals surface area contributed by atoms with Crippen molar-refractivity contribution >= 4 is 11.9 Å². The predicted molar refractivity (Wildman–Crippen MR) is 77.0 cm³/mol. The van der Waals surface area contributed by atoms with Gasteiger partial charge < -0.3 is 16.2 Å². The molecular weight excluding hydrogens is 256 g/mol. The van der Waals surface area contributed by atoms with Crippen molar-refractivity contribution in [2.45, 2.75) is 32.2 Å². The monoisotopic (exact) mass is 278 g/mol. The van der Waals surface area contributed by atoms with Gasteiger partial charge in [0, 0.05) is 19.0 Å². The van der Waals surface area contributed by atoms with Gasteiger partial charge in [-0.1, -0.05) is 37.3 Å². The SMILES string of the molecule is CC(CCCNC(=O)CC(N)c1ccccc1)C(=O)O. The zero-order chi connectivity index (χ0) is 15.0. The van der Waals surface area contributed by atoms with Crippen molar-refractivity contribution in [1.82, 2.24) is 5.32 Å². The van der Waals surface area contributed by atoms with E-state index in [4.69, 9.17) is 10.8 Å². The van der Waals surface area contributed by atoms with Crippen LogP contribution in [-0.2, 0) is 9.59 Å². The normalized spacial score (nSPS) is 13.5. The molecule has 5 nitrogen and oxygen atoms in total. The highest BCUT2D eigenvalue weighted by molar-refractivity contribution is 5.76. The number of aliphatic carboxylic acids is 1. The number of hydrogen-bond acceptors (Lipinski definition) is 3. The minimum atomic E-state index is -0.803. The summed E-state index contributed by atoms with van der Waals surface area (Å²) in [5.74, 6) is -1.29. The predicted octanol–water partition coefficient (Wildman–Crippen LogP) is 1.69. The highest BCUT2D eigenvalue weighted by Crippen LogP contribution is 2.12. The number of nitrogens with one attached hydrogen (secondary N) is 1. The molecule has 5 heteroatoms. The van der Waals surface area contributed by atoms with Crippen LogP contribution in [0.1, 0.15) is 37.8 Å². The Kier molecular flexibility index (Phi) is 6.73. The van der Waals surface area contributed by atoms with Crippen molar-refractivity contribution in [2.75, 3.05) is 6.54 Å².